The molecule has 0 aromatic heterocycles. The Balaban J connectivity index is 1.32. The van der Waals surface area contributed by atoms with Gasteiger partial charge in [-0.2, -0.15) is 8.78 Å². The predicted octanol–water partition coefficient (Wildman–Crippen LogP) is 12.0. The first-order chi connectivity index (χ1) is 21.9. The third-order valence-corrected chi connectivity index (χ3v) is 8.65. The van der Waals surface area contributed by atoms with E-state index in [-0.39, 0.29) is 34.7 Å². The van der Waals surface area contributed by atoms with Crippen LogP contribution in [0.3, 0.4) is 0 Å². The molecule has 4 aromatic carbocycles. The van der Waals surface area contributed by atoms with Gasteiger partial charge in [0.15, 0.2) is 17.5 Å². The minimum Gasteiger partial charge on any atom is -0.429 e. The summed E-state index contributed by atoms with van der Waals surface area (Å²) in [4.78, 5) is 0. The van der Waals surface area contributed by atoms with Gasteiger partial charge in [0.05, 0.1) is 0 Å². The number of halogens is 9. The zero-order chi connectivity index (χ0) is 33.2. The molecular formula is C36H31F9O. The molecule has 0 unspecified atom stereocenters. The van der Waals surface area contributed by atoms with Gasteiger partial charge < -0.3 is 4.74 Å². The lowest BCUT2D eigenvalue weighted by molar-refractivity contribution is -0.189. The fraction of sp³-hybridized carbons (Fsp3) is 0.333. The zero-order valence-corrected chi connectivity index (χ0v) is 24.9. The Morgan fingerprint density at radius 2 is 1.20 bits per heavy atom. The summed E-state index contributed by atoms with van der Waals surface area (Å²) >= 11 is 0. The van der Waals surface area contributed by atoms with Crippen molar-refractivity contribution >= 4 is 0 Å². The Bertz CT molecular complexity index is 1660. The first-order valence-corrected chi connectivity index (χ1v) is 15.2. The molecule has 0 aliphatic heterocycles. The molecule has 10 heteroatoms. The molecule has 0 atom stereocenters. The van der Waals surface area contributed by atoms with E-state index in [9.17, 15) is 30.7 Å². The lowest BCUT2D eigenvalue weighted by Crippen LogP contribution is -2.25. The molecule has 1 saturated carbocycles. The summed E-state index contributed by atoms with van der Waals surface area (Å²) in [5.41, 5.74) is -1.54. The van der Waals surface area contributed by atoms with E-state index in [4.69, 9.17) is 0 Å². The van der Waals surface area contributed by atoms with Gasteiger partial charge in [-0.3, -0.25) is 0 Å². The predicted molar refractivity (Wildman–Crippen MR) is 157 cm³/mol. The maximum atomic E-state index is 15.2. The topological polar surface area (TPSA) is 9.23 Å². The Labute approximate surface area is 261 Å². The van der Waals surface area contributed by atoms with Crippen molar-refractivity contribution in [3.05, 3.63) is 113 Å². The number of unbranched alkanes of at least 4 members (excludes halogenated alkanes) is 2. The summed E-state index contributed by atoms with van der Waals surface area (Å²) in [6.07, 6.45) is 4.25. The maximum Gasteiger partial charge on any atom is 0.432 e. The highest BCUT2D eigenvalue weighted by Crippen LogP contribution is 2.41. The van der Waals surface area contributed by atoms with Crippen LogP contribution in [-0.4, -0.2) is 0 Å². The number of ether oxygens (including phenoxy) is 1. The van der Waals surface area contributed by atoms with Gasteiger partial charge in [-0.25, -0.2) is 30.7 Å². The standard InChI is InChI=1S/C36H31F9O/c1-2-3-4-5-20-6-8-21(9-7-20)22-10-12-26(28(37)14-22)23-11-13-27(29(38)15-23)24-16-30(39)34(31(40)17-24)36(44,45)46-25-18-32(41)35(43)33(42)19-25/h10-21H,2-9H2,1H3. The molecule has 1 fully saturated rings. The third kappa shape index (κ3) is 7.21. The van der Waals surface area contributed by atoms with E-state index in [1.165, 1.54) is 37.8 Å². The first-order valence-electron chi connectivity index (χ1n) is 15.2. The minimum absolute atomic E-state index is 0.0875. The van der Waals surface area contributed by atoms with Crippen LogP contribution in [0.25, 0.3) is 22.3 Å². The normalized spacial score (nSPS) is 16.9. The van der Waals surface area contributed by atoms with Crippen LogP contribution in [-0.2, 0) is 6.11 Å². The summed E-state index contributed by atoms with van der Waals surface area (Å²) in [6.45, 7) is 2.18. The van der Waals surface area contributed by atoms with Crippen molar-refractivity contribution in [3.63, 3.8) is 0 Å². The molecule has 244 valence electrons. The second-order valence-electron chi connectivity index (χ2n) is 11.8. The van der Waals surface area contributed by atoms with Gasteiger partial charge >= 0.3 is 6.11 Å². The second kappa shape index (κ2) is 13.8. The van der Waals surface area contributed by atoms with Crippen molar-refractivity contribution in [1.29, 1.82) is 0 Å². The van der Waals surface area contributed by atoms with E-state index in [2.05, 4.69) is 11.7 Å². The van der Waals surface area contributed by atoms with Crippen LogP contribution in [0.4, 0.5) is 39.5 Å². The molecule has 1 aliphatic carbocycles. The smallest absolute Gasteiger partial charge is 0.429 e. The summed E-state index contributed by atoms with van der Waals surface area (Å²) in [7, 11) is 0. The Morgan fingerprint density at radius 1 is 0.630 bits per heavy atom. The Kier molecular flexibility index (Phi) is 10.0. The molecule has 0 N–H and O–H groups in total. The fourth-order valence-electron chi connectivity index (χ4n) is 6.20. The molecule has 0 spiro atoms. The van der Waals surface area contributed by atoms with E-state index in [1.807, 2.05) is 6.07 Å². The van der Waals surface area contributed by atoms with Crippen molar-refractivity contribution in [1.82, 2.24) is 0 Å². The van der Waals surface area contributed by atoms with Crippen molar-refractivity contribution in [2.45, 2.75) is 70.3 Å². The Morgan fingerprint density at radius 3 is 1.78 bits per heavy atom. The van der Waals surface area contributed by atoms with Gasteiger partial charge in [-0.15, -0.1) is 0 Å². The summed E-state index contributed by atoms with van der Waals surface area (Å²) < 4.78 is 134. The lowest BCUT2D eigenvalue weighted by Gasteiger charge is -2.29. The second-order valence-corrected chi connectivity index (χ2v) is 11.8. The van der Waals surface area contributed by atoms with Crippen molar-refractivity contribution in [2.75, 3.05) is 0 Å². The van der Waals surface area contributed by atoms with Crippen molar-refractivity contribution in [3.8, 4) is 28.0 Å². The van der Waals surface area contributed by atoms with E-state index in [0.717, 1.165) is 43.4 Å². The summed E-state index contributed by atoms with van der Waals surface area (Å²) in [5, 5.41) is 0. The summed E-state index contributed by atoms with van der Waals surface area (Å²) in [5.74, 6) is -11.2. The van der Waals surface area contributed by atoms with Crippen molar-refractivity contribution in [2.24, 2.45) is 5.92 Å². The number of alkyl halides is 2. The number of benzene rings is 4. The van der Waals surface area contributed by atoms with Gasteiger partial charge in [0.25, 0.3) is 0 Å². The van der Waals surface area contributed by atoms with Crippen LogP contribution < -0.4 is 4.74 Å². The quantitative estimate of drug-likeness (QED) is 0.0943. The lowest BCUT2D eigenvalue weighted by atomic mass is 9.77. The molecular weight excluding hydrogens is 619 g/mol. The van der Waals surface area contributed by atoms with Crippen LogP contribution in [0.5, 0.6) is 5.75 Å². The van der Waals surface area contributed by atoms with Crippen LogP contribution in [0, 0.1) is 46.6 Å². The molecule has 0 heterocycles. The highest BCUT2D eigenvalue weighted by atomic mass is 19.3. The zero-order valence-electron chi connectivity index (χ0n) is 24.9. The number of hydrogen-bond acceptors (Lipinski definition) is 1. The molecule has 5 rings (SSSR count). The monoisotopic (exact) mass is 650 g/mol. The molecule has 0 saturated heterocycles. The van der Waals surface area contributed by atoms with E-state index in [1.54, 1.807) is 6.07 Å². The molecule has 4 aromatic rings. The van der Waals surface area contributed by atoms with Crippen LogP contribution in [0.2, 0.25) is 0 Å². The van der Waals surface area contributed by atoms with Gasteiger partial charge in [0, 0.05) is 23.3 Å². The SMILES string of the molecule is CCCCCC1CCC(c2ccc(-c3ccc(-c4cc(F)c(C(F)(F)Oc5cc(F)c(F)c(F)c5)c(F)c4)c(F)c3)c(F)c2)CC1. The molecule has 46 heavy (non-hydrogen) atoms. The van der Waals surface area contributed by atoms with Gasteiger partial charge in [-0.1, -0.05) is 56.9 Å². The van der Waals surface area contributed by atoms with E-state index < -0.39 is 63.7 Å². The van der Waals surface area contributed by atoms with E-state index in [0.29, 0.717) is 18.1 Å². The van der Waals surface area contributed by atoms with Gasteiger partial charge in [0.2, 0.25) is 0 Å². The van der Waals surface area contributed by atoms with Crippen LogP contribution in [0.15, 0.2) is 60.7 Å². The molecule has 0 amide bonds. The molecule has 1 aliphatic rings. The highest BCUT2D eigenvalue weighted by molar-refractivity contribution is 5.72. The largest absolute Gasteiger partial charge is 0.432 e. The fourth-order valence-corrected chi connectivity index (χ4v) is 6.20. The molecule has 0 bridgehead atoms. The summed E-state index contributed by atoms with van der Waals surface area (Å²) in [6, 6.07) is 9.38. The maximum absolute atomic E-state index is 15.2. The first kappa shape index (κ1) is 33.4. The molecule has 0 radical (unpaired) electrons. The average Bonchev–Trinajstić information content (AvgIpc) is 2.99. The average molecular weight is 651 g/mol. The number of hydrogen-bond donors (Lipinski definition) is 0. The Hall–Kier alpha value is -3.95. The van der Waals surface area contributed by atoms with Gasteiger partial charge in [0.1, 0.15) is 34.6 Å². The molecule has 1 nitrogen and oxygen atoms in total. The van der Waals surface area contributed by atoms with Crippen LogP contribution >= 0.6 is 0 Å². The van der Waals surface area contributed by atoms with E-state index >= 15 is 8.78 Å². The van der Waals surface area contributed by atoms with Gasteiger partial charge in [-0.05, 0) is 78.5 Å². The van der Waals surface area contributed by atoms with Crippen molar-refractivity contribution < 1.29 is 44.3 Å². The van der Waals surface area contributed by atoms with Crippen LogP contribution in [0.1, 0.15) is 75.3 Å². The highest BCUT2D eigenvalue weighted by Gasteiger charge is 2.41. The minimum atomic E-state index is -4.79. The third-order valence-electron chi connectivity index (χ3n) is 8.65. The number of rotatable bonds is 10.